The molecule has 2 aromatic rings. The minimum atomic E-state index is 0. The van der Waals surface area contributed by atoms with Crippen LogP contribution in [0, 0.1) is 5.92 Å². The molecule has 0 bridgehead atoms. The highest BCUT2D eigenvalue weighted by Crippen LogP contribution is 2.36. The van der Waals surface area contributed by atoms with Gasteiger partial charge in [0.15, 0.2) is 0 Å². The van der Waals surface area contributed by atoms with Gasteiger partial charge in [-0.05, 0) is 49.9 Å². The fourth-order valence-electron chi connectivity index (χ4n) is 4.06. The smallest absolute Gasteiger partial charge is 0.0101 e. The summed E-state index contributed by atoms with van der Waals surface area (Å²) in [5, 5.41) is 3.74. The molecule has 0 aliphatic rings. The Morgan fingerprint density at radius 3 is 1.93 bits per heavy atom. The number of halogens is 2. The molecule has 0 aromatic heterocycles. The summed E-state index contributed by atoms with van der Waals surface area (Å²) in [5.41, 5.74) is 3.09. The Labute approximate surface area is 197 Å². The predicted molar refractivity (Wildman–Crippen MR) is 137 cm³/mol. The van der Waals surface area contributed by atoms with Crippen molar-refractivity contribution in [3.8, 4) is 0 Å². The maximum absolute atomic E-state index is 3.74. The molecule has 1 atom stereocenters. The van der Waals surface area contributed by atoms with Crippen molar-refractivity contribution in [2.24, 2.45) is 5.92 Å². The van der Waals surface area contributed by atoms with E-state index in [9.17, 15) is 0 Å². The Morgan fingerprint density at radius 2 is 1.40 bits per heavy atom. The monoisotopic (exact) mass is 452 g/mol. The van der Waals surface area contributed by atoms with Crippen molar-refractivity contribution in [2.45, 2.75) is 58.4 Å². The fourth-order valence-corrected chi connectivity index (χ4v) is 4.06. The Morgan fingerprint density at radius 1 is 0.833 bits per heavy atom. The molecule has 1 unspecified atom stereocenters. The fraction of sp³-hybridized carbons (Fsp3) is 0.538. The highest BCUT2D eigenvalue weighted by atomic mass is 35.5. The first-order chi connectivity index (χ1) is 13.4. The average molecular weight is 454 g/mol. The van der Waals surface area contributed by atoms with Gasteiger partial charge in [-0.25, -0.2) is 0 Å². The highest BCUT2D eigenvalue weighted by Gasteiger charge is 2.35. The summed E-state index contributed by atoms with van der Waals surface area (Å²) in [5.74, 6) is 0.593. The van der Waals surface area contributed by atoms with Crippen molar-refractivity contribution in [3.05, 3.63) is 71.8 Å². The van der Waals surface area contributed by atoms with E-state index in [4.69, 9.17) is 0 Å². The Balaban J connectivity index is 0.00000420. The number of rotatable bonds is 12. The number of nitrogens with zero attached hydrogens (tertiary/aromatic N) is 1. The van der Waals surface area contributed by atoms with E-state index < -0.39 is 0 Å². The van der Waals surface area contributed by atoms with Crippen LogP contribution < -0.4 is 5.32 Å². The van der Waals surface area contributed by atoms with Gasteiger partial charge in [0, 0.05) is 24.5 Å². The highest BCUT2D eigenvalue weighted by molar-refractivity contribution is 5.85. The number of hydrogen-bond donors (Lipinski definition) is 1. The largest absolute Gasteiger partial charge is 0.314 e. The maximum atomic E-state index is 3.74. The van der Waals surface area contributed by atoms with Crippen LogP contribution >= 0.6 is 24.8 Å². The van der Waals surface area contributed by atoms with Crippen LogP contribution in [0.3, 0.4) is 0 Å². The molecule has 2 rings (SSSR count). The quantitative estimate of drug-likeness (QED) is 0.401. The molecule has 2 aromatic carbocycles. The molecule has 0 saturated heterocycles. The van der Waals surface area contributed by atoms with Gasteiger partial charge in [-0.2, -0.15) is 0 Å². The molecule has 4 heteroatoms. The minimum absolute atomic E-state index is 0. The van der Waals surface area contributed by atoms with Crippen molar-refractivity contribution in [1.82, 2.24) is 10.2 Å². The molecule has 0 aliphatic heterocycles. The second-order valence-corrected chi connectivity index (χ2v) is 8.85. The van der Waals surface area contributed by atoms with Gasteiger partial charge in [-0.3, -0.25) is 0 Å². The van der Waals surface area contributed by atoms with Gasteiger partial charge in [0.05, 0.1) is 0 Å². The first-order valence-electron chi connectivity index (χ1n) is 11.0. The molecule has 0 spiro atoms. The molecule has 0 radical (unpaired) electrons. The van der Waals surface area contributed by atoms with Gasteiger partial charge in [0.25, 0.3) is 0 Å². The maximum Gasteiger partial charge on any atom is 0.0101 e. The van der Waals surface area contributed by atoms with Gasteiger partial charge in [0.2, 0.25) is 0 Å². The Hall–Kier alpha value is -1.06. The zero-order valence-corrected chi connectivity index (χ0v) is 21.1. The average Bonchev–Trinajstić information content (AvgIpc) is 2.70. The van der Waals surface area contributed by atoms with Gasteiger partial charge >= 0.3 is 0 Å². The molecule has 2 nitrogen and oxygen atoms in total. The summed E-state index contributed by atoms with van der Waals surface area (Å²) < 4.78 is 0. The van der Waals surface area contributed by atoms with Crippen LogP contribution in [-0.4, -0.2) is 37.6 Å². The van der Waals surface area contributed by atoms with Crippen molar-refractivity contribution >= 4 is 24.8 Å². The van der Waals surface area contributed by atoms with E-state index >= 15 is 0 Å². The van der Waals surface area contributed by atoms with Gasteiger partial charge < -0.3 is 10.2 Å². The molecule has 0 heterocycles. The van der Waals surface area contributed by atoms with Crippen LogP contribution in [0.1, 0.15) is 51.7 Å². The summed E-state index contributed by atoms with van der Waals surface area (Å²) in [6.45, 7) is 12.6. The SMILES string of the molecule is CC(C)NCC(CCCN(C)CCc1ccccc1)(c1ccccc1)C(C)C.Cl.Cl. The molecular formula is C26H42Cl2N2. The van der Waals surface area contributed by atoms with Gasteiger partial charge in [-0.15, -0.1) is 24.8 Å². The summed E-state index contributed by atoms with van der Waals surface area (Å²) in [6.07, 6.45) is 3.56. The van der Waals surface area contributed by atoms with E-state index in [2.05, 4.69) is 106 Å². The van der Waals surface area contributed by atoms with E-state index in [1.54, 1.807) is 0 Å². The van der Waals surface area contributed by atoms with Gasteiger partial charge in [-0.1, -0.05) is 88.4 Å². The van der Waals surface area contributed by atoms with Crippen LogP contribution in [0.2, 0.25) is 0 Å². The van der Waals surface area contributed by atoms with E-state index in [-0.39, 0.29) is 30.2 Å². The van der Waals surface area contributed by atoms with Crippen molar-refractivity contribution in [3.63, 3.8) is 0 Å². The Kier molecular flexibility index (Phi) is 14.3. The predicted octanol–water partition coefficient (Wildman–Crippen LogP) is 6.38. The molecule has 170 valence electrons. The van der Waals surface area contributed by atoms with Crippen molar-refractivity contribution in [1.29, 1.82) is 0 Å². The third kappa shape index (κ3) is 8.98. The first kappa shape index (κ1) is 28.9. The zero-order chi connectivity index (χ0) is 20.4. The van der Waals surface area contributed by atoms with Crippen LogP contribution in [0.15, 0.2) is 60.7 Å². The standard InChI is InChI=1S/C26H40N2.2ClH/c1-22(2)26(21-27-23(3)4,25-15-10-7-11-16-25)18-12-19-28(5)20-17-24-13-8-6-9-14-24;;/h6-11,13-16,22-23,27H,12,17-21H2,1-5H3;2*1H. The summed E-state index contributed by atoms with van der Waals surface area (Å²) in [4.78, 5) is 2.49. The molecule has 0 amide bonds. The van der Waals surface area contributed by atoms with Crippen LogP contribution in [0.4, 0.5) is 0 Å². The lowest BCUT2D eigenvalue weighted by molar-refractivity contribution is 0.237. The zero-order valence-electron chi connectivity index (χ0n) is 19.4. The van der Waals surface area contributed by atoms with Crippen LogP contribution in [0.5, 0.6) is 0 Å². The second-order valence-electron chi connectivity index (χ2n) is 8.85. The van der Waals surface area contributed by atoms with Crippen molar-refractivity contribution in [2.75, 3.05) is 26.7 Å². The molecule has 1 N–H and O–H groups in total. The lowest BCUT2D eigenvalue weighted by Gasteiger charge is -2.40. The minimum Gasteiger partial charge on any atom is -0.314 e. The van der Waals surface area contributed by atoms with Crippen LogP contribution in [-0.2, 0) is 11.8 Å². The van der Waals surface area contributed by atoms with E-state index in [0.717, 1.165) is 26.1 Å². The van der Waals surface area contributed by atoms with Crippen molar-refractivity contribution < 1.29 is 0 Å². The molecule has 0 fully saturated rings. The summed E-state index contributed by atoms with van der Waals surface area (Å²) in [6, 6.07) is 22.5. The lowest BCUT2D eigenvalue weighted by Crippen LogP contribution is -2.45. The normalized spacial score (nSPS) is 13.1. The van der Waals surface area contributed by atoms with E-state index in [1.165, 1.54) is 24.0 Å². The first-order valence-corrected chi connectivity index (χ1v) is 11.0. The van der Waals surface area contributed by atoms with E-state index in [1.807, 2.05) is 0 Å². The molecule has 30 heavy (non-hydrogen) atoms. The molecule has 0 saturated carbocycles. The van der Waals surface area contributed by atoms with Crippen LogP contribution in [0.25, 0.3) is 0 Å². The number of likely N-dealkylation sites (N-methyl/N-ethyl adjacent to an activating group) is 1. The third-order valence-electron chi connectivity index (χ3n) is 6.07. The number of nitrogens with one attached hydrogen (secondary N) is 1. The summed E-state index contributed by atoms with van der Waals surface area (Å²) in [7, 11) is 2.26. The molecular weight excluding hydrogens is 411 g/mol. The Bertz CT molecular complexity index is 661. The molecule has 0 aliphatic carbocycles. The third-order valence-corrected chi connectivity index (χ3v) is 6.07. The topological polar surface area (TPSA) is 15.3 Å². The summed E-state index contributed by atoms with van der Waals surface area (Å²) >= 11 is 0. The van der Waals surface area contributed by atoms with Gasteiger partial charge in [0.1, 0.15) is 0 Å². The lowest BCUT2D eigenvalue weighted by atomic mass is 9.68. The van der Waals surface area contributed by atoms with E-state index in [0.29, 0.717) is 12.0 Å². The number of benzene rings is 2. The number of hydrogen-bond acceptors (Lipinski definition) is 2. The second kappa shape index (κ2) is 14.9.